The fraction of sp³-hybridized carbons (Fsp3) is 0.143. The van der Waals surface area contributed by atoms with E-state index in [-0.39, 0.29) is 12.1 Å². The predicted molar refractivity (Wildman–Crippen MR) is 73.9 cm³/mol. The van der Waals surface area contributed by atoms with Crippen LogP contribution in [0.25, 0.3) is 0 Å². The molecule has 2 aromatic rings. The van der Waals surface area contributed by atoms with E-state index in [0.717, 1.165) is 12.1 Å². The van der Waals surface area contributed by atoms with Crippen LogP contribution in [0.2, 0.25) is 0 Å². The molecule has 106 valence electrons. The van der Waals surface area contributed by atoms with Crippen LogP contribution in [-0.4, -0.2) is 11.7 Å². The first-order valence-corrected chi connectivity index (χ1v) is 6.58. The highest BCUT2D eigenvalue weighted by atomic mass is 79.9. The Kier molecular flexibility index (Phi) is 4.67. The molecule has 0 spiro atoms. The average molecular weight is 346 g/mol. The highest BCUT2D eigenvalue weighted by molar-refractivity contribution is 9.10. The molecule has 1 unspecified atom stereocenters. The molecule has 2 aromatic carbocycles. The average Bonchev–Trinajstić information content (AvgIpc) is 2.43. The number of nitrogens with one attached hydrogen (secondary N) is 1. The van der Waals surface area contributed by atoms with Crippen molar-refractivity contribution in [2.75, 3.05) is 11.9 Å². The molecule has 0 fully saturated rings. The van der Waals surface area contributed by atoms with Gasteiger partial charge < -0.3 is 10.4 Å². The fourth-order valence-corrected chi connectivity index (χ4v) is 2.04. The highest BCUT2D eigenvalue weighted by Crippen LogP contribution is 2.21. The lowest BCUT2D eigenvalue weighted by molar-refractivity contribution is 0.191. The molecular weight excluding hydrogens is 335 g/mol. The molecule has 0 radical (unpaired) electrons. The summed E-state index contributed by atoms with van der Waals surface area (Å²) in [4.78, 5) is 0. The maximum absolute atomic E-state index is 13.0. The molecule has 0 saturated heterocycles. The molecule has 2 N–H and O–H groups in total. The molecule has 0 heterocycles. The van der Waals surface area contributed by atoms with Gasteiger partial charge in [-0.05, 0) is 51.8 Å². The SMILES string of the molecule is OC(CNc1ccc(F)c(Br)c1)c1ccc(F)c(F)c1. The van der Waals surface area contributed by atoms with Crippen LogP contribution in [0.4, 0.5) is 18.9 Å². The second kappa shape index (κ2) is 6.28. The third-order valence-electron chi connectivity index (χ3n) is 2.75. The quantitative estimate of drug-likeness (QED) is 0.877. The summed E-state index contributed by atoms with van der Waals surface area (Å²) in [5, 5.41) is 12.8. The normalized spacial score (nSPS) is 12.2. The van der Waals surface area contributed by atoms with Gasteiger partial charge in [-0.15, -0.1) is 0 Å². The van der Waals surface area contributed by atoms with E-state index in [4.69, 9.17) is 0 Å². The molecule has 0 saturated carbocycles. The number of halogens is 4. The summed E-state index contributed by atoms with van der Waals surface area (Å²) in [5.41, 5.74) is 0.859. The zero-order valence-electron chi connectivity index (χ0n) is 10.2. The number of hydrogen-bond donors (Lipinski definition) is 2. The predicted octanol–water partition coefficient (Wildman–Crippen LogP) is 4.01. The molecule has 6 heteroatoms. The summed E-state index contributed by atoms with van der Waals surface area (Å²) in [5.74, 6) is -2.36. The first-order valence-electron chi connectivity index (χ1n) is 5.79. The molecular formula is C14H11BrF3NO. The number of benzene rings is 2. The molecule has 0 amide bonds. The van der Waals surface area contributed by atoms with Crippen molar-refractivity contribution in [3.63, 3.8) is 0 Å². The van der Waals surface area contributed by atoms with E-state index in [2.05, 4.69) is 21.2 Å². The Labute approximate surface area is 122 Å². The molecule has 0 aromatic heterocycles. The summed E-state index contributed by atoms with van der Waals surface area (Å²) in [6.07, 6.45) is -1.01. The van der Waals surface area contributed by atoms with E-state index in [1.807, 2.05) is 0 Å². The Morgan fingerprint density at radius 2 is 1.70 bits per heavy atom. The largest absolute Gasteiger partial charge is 0.387 e. The van der Waals surface area contributed by atoms with Gasteiger partial charge in [0, 0.05) is 12.2 Å². The standard InChI is InChI=1S/C14H11BrF3NO/c15-10-6-9(2-4-11(10)16)19-7-14(20)8-1-3-12(17)13(18)5-8/h1-6,14,19-20H,7H2. The molecule has 2 rings (SSSR count). The molecule has 20 heavy (non-hydrogen) atoms. The Bertz CT molecular complexity index is 621. The Balaban J connectivity index is 2.02. The topological polar surface area (TPSA) is 32.3 Å². The van der Waals surface area contributed by atoms with Crippen molar-refractivity contribution < 1.29 is 18.3 Å². The third-order valence-corrected chi connectivity index (χ3v) is 3.36. The maximum atomic E-state index is 13.0. The van der Waals surface area contributed by atoms with Crippen LogP contribution < -0.4 is 5.32 Å². The summed E-state index contributed by atoms with van der Waals surface area (Å²) >= 11 is 3.05. The number of anilines is 1. The number of hydrogen-bond acceptors (Lipinski definition) is 2. The summed E-state index contributed by atoms with van der Waals surface area (Å²) in [6, 6.07) is 7.53. The van der Waals surface area contributed by atoms with Crippen LogP contribution in [0.3, 0.4) is 0 Å². The van der Waals surface area contributed by atoms with E-state index in [1.165, 1.54) is 24.3 Å². The van der Waals surface area contributed by atoms with Crippen molar-refractivity contribution in [1.82, 2.24) is 0 Å². The van der Waals surface area contributed by atoms with Gasteiger partial charge in [0.2, 0.25) is 0 Å². The molecule has 0 aliphatic heterocycles. The monoisotopic (exact) mass is 345 g/mol. The zero-order valence-corrected chi connectivity index (χ0v) is 11.8. The number of aliphatic hydroxyl groups is 1. The minimum atomic E-state index is -1.01. The van der Waals surface area contributed by atoms with Gasteiger partial charge in [0.25, 0.3) is 0 Å². The van der Waals surface area contributed by atoms with Crippen LogP contribution in [0, 0.1) is 17.5 Å². The minimum absolute atomic E-state index is 0.0865. The lowest BCUT2D eigenvalue weighted by atomic mass is 10.1. The minimum Gasteiger partial charge on any atom is -0.387 e. The Morgan fingerprint density at radius 3 is 2.35 bits per heavy atom. The first-order chi connectivity index (χ1) is 9.47. The van der Waals surface area contributed by atoms with Crippen molar-refractivity contribution in [1.29, 1.82) is 0 Å². The number of aliphatic hydroxyl groups excluding tert-OH is 1. The second-order valence-electron chi connectivity index (χ2n) is 4.20. The van der Waals surface area contributed by atoms with E-state index < -0.39 is 23.6 Å². The van der Waals surface area contributed by atoms with Gasteiger partial charge in [0.05, 0.1) is 10.6 Å². The van der Waals surface area contributed by atoms with Crippen molar-refractivity contribution in [3.8, 4) is 0 Å². The van der Waals surface area contributed by atoms with Crippen molar-refractivity contribution in [3.05, 3.63) is 63.9 Å². The van der Waals surface area contributed by atoms with Crippen molar-refractivity contribution >= 4 is 21.6 Å². The van der Waals surface area contributed by atoms with Gasteiger partial charge in [0.15, 0.2) is 11.6 Å². The molecule has 0 bridgehead atoms. The smallest absolute Gasteiger partial charge is 0.159 e. The van der Waals surface area contributed by atoms with Crippen LogP contribution in [0.5, 0.6) is 0 Å². The van der Waals surface area contributed by atoms with Gasteiger partial charge in [-0.1, -0.05) is 6.07 Å². The molecule has 1 atom stereocenters. The maximum Gasteiger partial charge on any atom is 0.159 e. The molecule has 0 aliphatic carbocycles. The molecule has 0 aliphatic rings. The lowest BCUT2D eigenvalue weighted by Gasteiger charge is -2.13. The van der Waals surface area contributed by atoms with Crippen LogP contribution >= 0.6 is 15.9 Å². The van der Waals surface area contributed by atoms with E-state index >= 15 is 0 Å². The van der Waals surface area contributed by atoms with Gasteiger partial charge in [0.1, 0.15) is 5.82 Å². The van der Waals surface area contributed by atoms with Gasteiger partial charge >= 0.3 is 0 Å². The van der Waals surface area contributed by atoms with E-state index in [0.29, 0.717) is 10.2 Å². The van der Waals surface area contributed by atoms with Crippen LogP contribution in [0.1, 0.15) is 11.7 Å². The first kappa shape index (κ1) is 14.9. The lowest BCUT2D eigenvalue weighted by Crippen LogP contribution is -2.12. The zero-order chi connectivity index (χ0) is 14.7. The van der Waals surface area contributed by atoms with Crippen LogP contribution in [-0.2, 0) is 0 Å². The fourth-order valence-electron chi connectivity index (χ4n) is 1.66. The Hall–Kier alpha value is -1.53. The summed E-state index contributed by atoms with van der Waals surface area (Å²) in [7, 11) is 0. The summed E-state index contributed by atoms with van der Waals surface area (Å²) < 4.78 is 39.2. The van der Waals surface area contributed by atoms with E-state index in [1.54, 1.807) is 0 Å². The highest BCUT2D eigenvalue weighted by Gasteiger charge is 2.11. The van der Waals surface area contributed by atoms with Crippen LogP contribution in [0.15, 0.2) is 40.9 Å². The summed E-state index contributed by atoms with van der Waals surface area (Å²) in [6.45, 7) is 0.0865. The van der Waals surface area contributed by atoms with Gasteiger partial charge in [-0.3, -0.25) is 0 Å². The second-order valence-corrected chi connectivity index (χ2v) is 5.05. The van der Waals surface area contributed by atoms with Gasteiger partial charge in [-0.25, -0.2) is 13.2 Å². The third kappa shape index (κ3) is 3.52. The Morgan fingerprint density at radius 1 is 1.00 bits per heavy atom. The van der Waals surface area contributed by atoms with Gasteiger partial charge in [-0.2, -0.15) is 0 Å². The number of rotatable bonds is 4. The van der Waals surface area contributed by atoms with E-state index in [9.17, 15) is 18.3 Å². The van der Waals surface area contributed by atoms with Crippen molar-refractivity contribution in [2.24, 2.45) is 0 Å². The van der Waals surface area contributed by atoms with Crippen molar-refractivity contribution in [2.45, 2.75) is 6.10 Å². The molecule has 2 nitrogen and oxygen atoms in total.